The van der Waals surface area contributed by atoms with Crippen molar-refractivity contribution in [2.75, 3.05) is 19.0 Å². The Morgan fingerprint density at radius 2 is 1.85 bits per heavy atom. The van der Waals surface area contributed by atoms with Gasteiger partial charge in [-0.05, 0) is 48.4 Å². The molecule has 0 bridgehead atoms. The van der Waals surface area contributed by atoms with Crippen LogP contribution in [0.3, 0.4) is 0 Å². The SMILES string of the molecule is COc1ccc(CCNC(=O)Nc2ccnc(Sc3ccccn3)c2)cc1. The number of methoxy groups -OCH3 is 1. The molecular weight excluding hydrogens is 360 g/mol. The van der Waals surface area contributed by atoms with Crippen LogP contribution in [-0.4, -0.2) is 29.7 Å². The van der Waals surface area contributed by atoms with Crippen molar-refractivity contribution in [3.8, 4) is 5.75 Å². The fraction of sp³-hybridized carbons (Fsp3) is 0.150. The molecule has 0 saturated carbocycles. The van der Waals surface area contributed by atoms with Crippen LogP contribution >= 0.6 is 11.8 Å². The maximum Gasteiger partial charge on any atom is 0.319 e. The molecule has 0 radical (unpaired) electrons. The van der Waals surface area contributed by atoms with E-state index in [1.165, 1.54) is 11.8 Å². The van der Waals surface area contributed by atoms with Gasteiger partial charge in [-0.15, -0.1) is 0 Å². The lowest BCUT2D eigenvalue weighted by atomic mass is 10.1. The van der Waals surface area contributed by atoms with Crippen LogP contribution < -0.4 is 15.4 Å². The molecule has 2 N–H and O–H groups in total. The maximum atomic E-state index is 12.1. The molecule has 7 heteroatoms. The summed E-state index contributed by atoms with van der Waals surface area (Å²) >= 11 is 1.44. The first-order chi connectivity index (χ1) is 13.2. The van der Waals surface area contributed by atoms with Gasteiger partial charge >= 0.3 is 6.03 Å². The standard InChI is InChI=1S/C20H20N4O2S/c1-26-17-7-5-15(6-8-17)9-12-23-20(25)24-16-10-13-22-19(14-16)27-18-4-2-3-11-21-18/h2-8,10-11,13-14H,9,12H2,1H3,(H2,22,23,24,25). The van der Waals surface area contributed by atoms with E-state index in [-0.39, 0.29) is 6.03 Å². The molecule has 3 rings (SSSR count). The highest BCUT2D eigenvalue weighted by Crippen LogP contribution is 2.25. The molecule has 2 heterocycles. The summed E-state index contributed by atoms with van der Waals surface area (Å²) < 4.78 is 5.13. The van der Waals surface area contributed by atoms with Gasteiger partial charge in [0.25, 0.3) is 0 Å². The van der Waals surface area contributed by atoms with Gasteiger partial charge in [0.2, 0.25) is 0 Å². The third kappa shape index (κ3) is 6.00. The number of nitrogens with one attached hydrogen (secondary N) is 2. The van der Waals surface area contributed by atoms with Gasteiger partial charge in [-0.3, -0.25) is 0 Å². The van der Waals surface area contributed by atoms with E-state index in [1.54, 1.807) is 25.6 Å². The molecule has 1 aromatic carbocycles. The Bertz CT molecular complexity index is 873. The molecule has 6 nitrogen and oxygen atoms in total. The highest BCUT2D eigenvalue weighted by Gasteiger charge is 2.05. The molecule has 0 spiro atoms. The van der Waals surface area contributed by atoms with Crippen LogP contribution in [-0.2, 0) is 6.42 Å². The van der Waals surface area contributed by atoms with Gasteiger partial charge in [0.1, 0.15) is 15.8 Å². The number of aromatic nitrogens is 2. The van der Waals surface area contributed by atoms with Crippen LogP contribution in [0.2, 0.25) is 0 Å². The highest BCUT2D eigenvalue weighted by atomic mass is 32.2. The summed E-state index contributed by atoms with van der Waals surface area (Å²) in [5, 5.41) is 7.31. The average molecular weight is 380 g/mol. The zero-order valence-electron chi connectivity index (χ0n) is 14.9. The summed E-state index contributed by atoms with van der Waals surface area (Å²) in [4.78, 5) is 20.7. The fourth-order valence-corrected chi connectivity index (χ4v) is 3.12. The lowest BCUT2D eigenvalue weighted by Gasteiger charge is -2.09. The third-order valence-electron chi connectivity index (χ3n) is 3.70. The molecule has 0 aliphatic carbocycles. The topological polar surface area (TPSA) is 76.1 Å². The van der Waals surface area contributed by atoms with Crippen molar-refractivity contribution < 1.29 is 9.53 Å². The molecule has 0 fully saturated rings. The minimum absolute atomic E-state index is 0.247. The lowest BCUT2D eigenvalue weighted by molar-refractivity contribution is 0.252. The first-order valence-corrected chi connectivity index (χ1v) is 9.27. The zero-order chi connectivity index (χ0) is 18.9. The molecule has 2 amide bonds. The number of hydrogen-bond acceptors (Lipinski definition) is 5. The monoisotopic (exact) mass is 380 g/mol. The smallest absolute Gasteiger partial charge is 0.319 e. The van der Waals surface area contributed by atoms with E-state index in [1.807, 2.05) is 48.5 Å². The predicted octanol–water partition coefficient (Wildman–Crippen LogP) is 4.00. The first-order valence-electron chi connectivity index (χ1n) is 8.45. The molecule has 138 valence electrons. The number of anilines is 1. The fourth-order valence-electron chi connectivity index (χ4n) is 2.35. The minimum atomic E-state index is -0.247. The molecule has 3 aromatic rings. The molecule has 0 aliphatic heterocycles. The normalized spacial score (nSPS) is 10.3. The van der Waals surface area contributed by atoms with Crippen molar-refractivity contribution in [3.05, 3.63) is 72.6 Å². The van der Waals surface area contributed by atoms with Crippen molar-refractivity contribution in [1.29, 1.82) is 0 Å². The Morgan fingerprint density at radius 1 is 1.04 bits per heavy atom. The Labute approximate surface area is 162 Å². The van der Waals surface area contributed by atoms with Gasteiger partial charge in [-0.25, -0.2) is 14.8 Å². The van der Waals surface area contributed by atoms with E-state index in [9.17, 15) is 4.79 Å². The summed E-state index contributed by atoms with van der Waals surface area (Å²) in [6.45, 7) is 0.540. The average Bonchev–Trinajstić information content (AvgIpc) is 2.69. The number of nitrogens with zero attached hydrogens (tertiary/aromatic N) is 2. The van der Waals surface area contributed by atoms with Gasteiger partial charge in [0.15, 0.2) is 0 Å². The highest BCUT2D eigenvalue weighted by molar-refractivity contribution is 7.99. The second kappa shape index (κ2) is 9.59. The van der Waals surface area contributed by atoms with Gasteiger partial charge in [0.05, 0.1) is 7.11 Å². The Morgan fingerprint density at radius 3 is 2.59 bits per heavy atom. The number of hydrogen-bond donors (Lipinski definition) is 2. The molecule has 27 heavy (non-hydrogen) atoms. The Hall–Kier alpha value is -3.06. The Balaban J connectivity index is 1.48. The van der Waals surface area contributed by atoms with E-state index >= 15 is 0 Å². The number of ether oxygens (including phenoxy) is 1. The van der Waals surface area contributed by atoms with Gasteiger partial charge in [-0.2, -0.15) is 0 Å². The molecular formula is C20H20N4O2S. The molecule has 0 unspecified atom stereocenters. The number of urea groups is 1. The quantitative estimate of drug-likeness (QED) is 0.648. The van der Waals surface area contributed by atoms with Gasteiger partial charge in [0, 0.05) is 24.6 Å². The number of carbonyl (C=O) groups is 1. The number of amides is 2. The summed E-state index contributed by atoms with van der Waals surface area (Å²) in [5.74, 6) is 0.821. The largest absolute Gasteiger partial charge is 0.497 e. The van der Waals surface area contributed by atoms with Crippen LogP contribution in [0, 0.1) is 0 Å². The summed E-state index contributed by atoms with van der Waals surface area (Å²) in [7, 11) is 1.64. The summed E-state index contributed by atoms with van der Waals surface area (Å²) in [5.41, 5.74) is 1.82. The number of pyridine rings is 2. The van der Waals surface area contributed by atoms with Crippen LogP contribution in [0.25, 0.3) is 0 Å². The first kappa shape index (κ1) is 18.7. The van der Waals surface area contributed by atoms with Crippen LogP contribution in [0.4, 0.5) is 10.5 Å². The van der Waals surface area contributed by atoms with Crippen molar-refractivity contribution in [3.63, 3.8) is 0 Å². The second-order valence-corrected chi connectivity index (χ2v) is 6.67. The van der Waals surface area contributed by atoms with E-state index in [2.05, 4.69) is 20.6 Å². The number of carbonyl (C=O) groups excluding carboxylic acids is 1. The van der Waals surface area contributed by atoms with Gasteiger partial charge in [-0.1, -0.05) is 30.0 Å². The van der Waals surface area contributed by atoms with E-state index in [0.717, 1.165) is 27.8 Å². The number of benzene rings is 1. The predicted molar refractivity (Wildman–Crippen MR) is 106 cm³/mol. The minimum Gasteiger partial charge on any atom is -0.497 e. The van der Waals surface area contributed by atoms with Crippen molar-refractivity contribution >= 4 is 23.5 Å². The van der Waals surface area contributed by atoms with Crippen molar-refractivity contribution in [2.45, 2.75) is 16.5 Å². The van der Waals surface area contributed by atoms with E-state index < -0.39 is 0 Å². The van der Waals surface area contributed by atoms with Crippen LogP contribution in [0.1, 0.15) is 5.56 Å². The third-order valence-corrected chi connectivity index (χ3v) is 4.58. The van der Waals surface area contributed by atoms with Crippen LogP contribution in [0.15, 0.2) is 77.0 Å². The van der Waals surface area contributed by atoms with Crippen molar-refractivity contribution in [1.82, 2.24) is 15.3 Å². The van der Waals surface area contributed by atoms with Crippen molar-refractivity contribution in [2.24, 2.45) is 0 Å². The van der Waals surface area contributed by atoms with Crippen LogP contribution in [0.5, 0.6) is 5.75 Å². The van der Waals surface area contributed by atoms with E-state index in [4.69, 9.17) is 4.74 Å². The molecule has 0 aliphatic rings. The van der Waals surface area contributed by atoms with Gasteiger partial charge < -0.3 is 15.4 Å². The lowest BCUT2D eigenvalue weighted by Crippen LogP contribution is -2.30. The maximum absolute atomic E-state index is 12.1. The van der Waals surface area contributed by atoms with E-state index in [0.29, 0.717) is 12.2 Å². The summed E-state index contributed by atoms with van der Waals surface area (Å²) in [6.07, 6.45) is 4.15. The molecule has 0 saturated heterocycles. The molecule has 2 aromatic heterocycles. The summed E-state index contributed by atoms with van der Waals surface area (Å²) in [6, 6.07) is 16.8. The zero-order valence-corrected chi connectivity index (χ0v) is 15.7. The number of rotatable bonds is 7. The Kier molecular flexibility index (Phi) is 6.65. The second-order valence-electron chi connectivity index (χ2n) is 5.63. The molecule has 0 atom stereocenters.